The summed E-state index contributed by atoms with van der Waals surface area (Å²) >= 11 is 6.31. The molecule has 4 fully saturated rings. The van der Waals surface area contributed by atoms with Gasteiger partial charge in [0.15, 0.2) is 5.43 Å². The van der Waals surface area contributed by atoms with Crippen molar-refractivity contribution in [1.82, 2.24) is 15.2 Å². The average Bonchev–Trinajstić information content (AvgIpc) is 3.00. The van der Waals surface area contributed by atoms with Gasteiger partial charge in [-0.05, 0) is 112 Å². The van der Waals surface area contributed by atoms with Gasteiger partial charge in [-0.15, -0.1) is 0 Å². The van der Waals surface area contributed by atoms with Crippen LogP contribution in [0, 0.1) is 17.8 Å². The molecule has 3 aromatic carbocycles. The van der Waals surface area contributed by atoms with Crippen LogP contribution in [0.2, 0.25) is 5.02 Å². The first-order chi connectivity index (χ1) is 21.5. The number of aromatic nitrogens is 1. The predicted octanol–water partition coefficient (Wildman–Crippen LogP) is 5.80. The summed E-state index contributed by atoms with van der Waals surface area (Å²) in [6, 6.07) is 22.8. The number of nitrogens with zero attached hydrogens (tertiary/aromatic N) is 1. The number of aliphatic hydroxyl groups is 1. The van der Waals surface area contributed by atoms with Crippen molar-refractivity contribution >= 4 is 34.3 Å². The van der Waals surface area contributed by atoms with Crippen molar-refractivity contribution in [2.75, 3.05) is 0 Å². The molecule has 0 spiro atoms. The van der Waals surface area contributed by atoms with Crippen LogP contribution in [0.1, 0.15) is 67.4 Å². The lowest BCUT2D eigenvalue weighted by atomic mass is 9.51. The fourth-order valence-corrected chi connectivity index (χ4v) is 8.48. The van der Waals surface area contributed by atoms with Crippen molar-refractivity contribution in [1.29, 1.82) is 0 Å². The molecule has 0 saturated heterocycles. The zero-order valence-corrected chi connectivity index (χ0v) is 26.3. The van der Waals surface area contributed by atoms with Gasteiger partial charge < -0.3 is 20.3 Å². The average molecular weight is 624 g/mol. The number of hydrogen-bond acceptors (Lipinski definition) is 4. The number of para-hydroxylation sites is 1. The smallest absolute Gasteiger partial charge is 0.251 e. The third-order valence-corrected chi connectivity index (χ3v) is 10.4. The van der Waals surface area contributed by atoms with Gasteiger partial charge in [0.25, 0.3) is 11.8 Å². The van der Waals surface area contributed by atoms with Crippen LogP contribution < -0.4 is 16.1 Å². The number of nitrogens with one attached hydrogen (secondary N) is 2. The maximum Gasteiger partial charge on any atom is 0.251 e. The van der Waals surface area contributed by atoms with Gasteiger partial charge in [0.05, 0.1) is 5.52 Å². The molecule has 0 aliphatic heterocycles. The van der Waals surface area contributed by atoms with Crippen molar-refractivity contribution in [3.05, 3.63) is 111 Å². The van der Waals surface area contributed by atoms with Crippen molar-refractivity contribution < 1.29 is 14.7 Å². The number of carbonyl (C=O) groups is 2. The standard InChI is InChI=1S/C37H38ClN3O4/c1-36(2,45)35(44)40-37-18-23-15-25(19-37)32(26(16-23)20-37)39-34(43)24-10-8-22(9-11-24)14-27-21-41(29-6-4-3-5-7-29)31-17-28(38)12-13-30(31)33(27)42/h3-13,17,21,23,25-26,32,45H,14-16,18-20H2,1-2H3,(H,39,43)(H,40,44)/t23?,25-,26+,32?,37?. The minimum Gasteiger partial charge on any atom is -0.381 e. The number of hydrogen-bond donors (Lipinski definition) is 3. The Balaban J connectivity index is 1.07. The molecule has 4 aromatic rings. The largest absolute Gasteiger partial charge is 0.381 e. The molecule has 8 heteroatoms. The van der Waals surface area contributed by atoms with Crippen LogP contribution in [0.5, 0.6) is 0 Å². The molecule has 4 saturated carbocycles. The van der Waals surface area contributed by atoms with E-state index in [1.165, 1.54) is 13.8 Å². The van der Waals surface area contributed by atoms with Crippen LogP contribution >= 0.6 is 11.6 Å². The maximum atomic E-state index is 13.5. The van der Waals surface area contributed by atoms with Crippen molar-refractivity contribution in [3.8, 4) is 5.69 Å². The molecule has 4 aliphatic carbocycles. The number of rotatable bonds is 7. The van der Waals surface area contributed by atoms with E-state index < -0.39 is 5.60 Å². The SMILES string of the molecule is CC(C)(O)C(=O)NC12CC3C[C@H](C1)C(NC(=O)c1ccc(Cc4cn(-c5ccccc5)c5cc(Cl)ccc5c4=O)cc1)[C@@H](C3)C2. The third kappa shape index (κ3) is 5.68. The van der Waals surface area contributed by atoms with Gasteiger partial charge in [0.2, 0.25) is 0 Å². The number of fused-ring (bicyclic) bond motifs is 1. The maximum absolute atomic E-state index is 13.5. The molecule has 3 N–H and O–H groups in total. The Morgan fingerprint density at radius 2 is 1.67 bits per heavy atom. The Labute approximate surface area is 267 Å². The lowest BCUT2D eigenvalue weighted by Gasteiger charge is -2.60. The second-order valence-corrected chi connectivity index (χ2v) is 14.4. The van der Waals surface area contributed by atoms with Crippen molar-refractivity contribution in [2.45, 2.75) is 69.6 Å². The molecule has 8 rings (SSSR count). The highest BCUT2D eigenvalue weighted by molar-refractivity contribution is 6.31. The van der Waals surface area contributed by atoms with E-state index in [4.69, 9.17) is 11.6 Å². The first-order valence-electron chi connectivity index (χ1n) is 15.8. The predicted molar refractivity (Wildman–Crippen MR) is 176 cm³/mol. The normalized spacial score (nSPS) is 25.3. The van der Waals surface area contributed by atoms with Gasteiger partial charge in [-0.1, -0.05) is 41.9 Å². The number of pyridine rings is 1. The first kappa shape index (κ1) is 29.8. The summed E-state index contributed by atoms with van der Waals surface area (Å²) in [6.07, 6.45) is 7.02. The van der Waals surface area contributed by atoms with Crippen molar-refractivity contribution in [3.63, 3.8) is 0 Å². The highest BCUT2D eigenvalue weighted by Gasteiger charge is 2.56. The fourth-order valence-electron chi connectivity index (χ4n) is 8.32. The summed E-state index contributed by atoms with van der Waals surface area (Å²) < 4.78 is 2.00. The molecule has 232 valence electrons. The molecule has 4 aliphatic rings. The molecular formula is C37H38ClN3O4. The van der Waals surface area contributed by atoms with E-state index in [2.05, 4.69) is 10.6 Å². The second kappa shape index (κ2) is 11.1. The number of carbonyl (C=O) groups excluding carboxylic acids is 2. The number of amides is 2. The zero-order chi connectivity index (χ0) is 31.5. The summed E-state index contributed by atoms with van der Waals surface area (Å²) in [4.78, 5) is 39.6. The van der Waals surface area contributed by atoms with E-state index in [-0.39, 0.29) is 28.8 Å². The number of benzene rings is 3. The zero-order valence-electron chi connectivity index (χ0n) is 25.6. The van der Waals surface area contributed by atoms with Gasteiger partial charge in [-0.2, -0.15) is 0 Å². The monoisotopic (exact) mass is 623 g/mol. The Morgan fingerprint density at radius 3 is 2.33 bits per heavy atom. The number of halogens is 1. The Morgan fingerprint density at radius 1 is 0.978 bits per heavy atom. The topological polar surface area (TPSA) is 100 Å². The van der Waals surface area contributed by atoms with Gasteiger partial charge in [-0.3, -0.25) is 14.4 Å². The van der Waals surface area contributed by atoms with E-state index in [9.17, 15) is 19.5 Å². The van der Waals surface area contributed by atoms with E-state index in [1.54, 1.807) is 12.1 Å². The van der Waals surface area contributed by atoms with Crippen LogP contribution in [0.15, 0.2) is 83.8 Å². The Hall–Kier alpha value is -3.94. The summed E-state index contributed by atoms with van der Waals surface area (Å²) in [5.74, 6) is 0.725. The Bertz CT molecular complexity index is 1830. The molecule has 3 unspecified atom stereocenters. The van der Waals surface area contributed by atoms with E-state index in [0.29, 0.717) is 45.7 Å². The summed E-state index contributed by atoms with van der Waals surface area (Å²) in [7, 11) is 0. The molecule has 5 atom stereocenters. The third-order valence-electron chi connectivity index (χ3n) is 10.2. The molecule has 2 amide bonds. The Kier molecular flexibility index (Phi) is 7.37. The van der Waals surface area contributed by atoms with E-state index >= 15 is 0 Å². The van der Waals surface area contributed by atoms with Crippen LogP contribution in [0.4, 0.5) is 0 Å². The molecule has 1 heterocycles. The summed E-state index contributed by atoms with van der Waals surface area (Å²) in [6.45, 7) is 3.05. The van der Waals surface area contributed by atoms with Crippen LogP contribution in [-0.4, -0.2) is 38.7 Å². The first-order valence-corrected chi connectivity index (χ1v) is 16.2. The van der Waals surface area contributed by atoms with E-state index in [1.807, 2.05) is 71.4 Å². The van der Waals surface area contributed by atoms with Gasteiger partial charge in [0, 0.05) is 51.4 Å². The molecule has 0 radical (unpaired) electrons. The second-order valence-electron chi connectivity index (χ2n) is 14.0. The minimum atomic E-state index is -1.41. The lowest BCUT2D eigenvalue weighted by molar-refractivity contribution is -0.143. The summed E-state index contributed by atoms with van der Waals surface area (Å²) in [5.41, 5.74) is 2.15. The molecular weight excluding hydrogens is 586 g/mol. The highest BCUT2D eigenvalue weighted by Crippen LogP contribution is 2.55. The molecule has 1 aromatic heterocycles. The molecule has 7 nitrogen and oxygen atoms in total. The molecule has 4 bridgehead atoms. The van der Waals surface area contributed by atoms with Gasteiger partial charge in [-0.25, -0.2) is 0 Å². The van der Waals surface area contributed by atoms with Gasteiger partial charge >= 0.3 is 0 Å². The van der Waals surface area contributed by atoms with Crippen LogP contribution in [0.3, 0.4) is 0 Å². The highest BCUT2D eigenvalue weighted by atomic mass is 35.5. The molecule has 45 heavy (non-hydrogen) atoms. The minimum absolute atomic E-state index is 0.0333. The van der Waals surface area contributed by atoms with Crippen LogP contribution in [0.25, 0.3) is 16.6 Å². The summed E-state index contributed by atoms with van der Waals surface area (Å²) in [5, 5.41) is 17.9. The van der Waals surface area contributed by atoms with Crippen LogP contribution in [-0.2, 0) is 11.2 Å². The fraction of sp³-hybridized carbons (Fsp3) is 0.378. The van der Waals surface area contributed by atoms with E-state index in [0.717, 1.165) is 48.9 Å². The van der Waals surface area contributed by atoms with Crippen molar-refractivity contribution in [2.24, 2.45) is 17.8 Å². The quantitative estimate of drug-likeness (QED) is 0.242. The lowest BCUT2D eigenvalue weighted by Crippen LogP contribution is -2.68. The van der Waals surface area contributed by atoms with Gasteiger partial charge in [0.1, 0.15) is 5.60 Å².